The second kappa shape index (κ2) is 35.1. The predicted octanol–water partition coefficient (Wildman–Crippen LogP) is 16.3. The Kier molecular flexibility index (Phi) is 32.2. The fraction of sp³-hybridized carbons (Fsp3) is 0.438. The summed E-state index contributed by atoms with van der Waals surface area (Å²) in [7, 11) is 16.2. The molecular formula is C64H104N8O8P4. The summed E-state index contributed by atoms with van der Waals surface area (Å²) in [4.78, 5) is 0. The lowest BCUT2D eigenvalue weighted by atomic mass is 10.1. The monoisotopic (exact) mass is 1240 g/mol. The first-order valence-corrected chi connectivity index (χ1v) is 33.7. The van der Waals surface area contributed by atoms with Crippen LogP contribution in [0.2, 0.25) is 0 Å². The number of nitrogens with zero attached hydrogens (tertiary/aromatic N) is 8. The van der Waals surface area contributed by atoms with E-state index in [1.807, 2.05) is 126 Å². The number of hydrogen-bond acceptors (Lipinski definition) is 8. The van der Waals surface area contributed by atoms with Crippen LogP contribution in [0.15, 0.2) is 121 Å². The highest BCUT2D eigenvalue weighted by Crippen LogP contribution is 2.53. The molecule has 0 aliphatic carbocycles. The molecule has 0 aliphatic heterocycles. The van der Waals surface area contributed by atoms with E-state index in [0.29, 0.717) is 23.0 Å². The molecule has 0 unspecified atom stereocenters. The molecule has 0 amide bonds. The Labute approximate surface area is 508 Å². The molecule has 84 heavy (non-hydrogen) atoms. The fourth-order valence-electron chi connectivity index (χ4n) is 7.38. The molecule has 6 aromatic carbocycles. The third-order valence-corrected chi connectivity index (χ3v) is 22.8. The van der Waals surface area contributed by atoms with Crippen LogP contribution in [0.5, 0.6) is 23.0 Å². The van der Waals surface area contributed by atoms with Gasteiger partial charge in [0.2, 0.25) is 0 Å². The van der Waals surface area contributed by atoms with Gasteiger partial charge >= 0.3 is 30.7 Å². The van der Waals surface area contributed by atoms with Gasteiger partial charge in [-0.2, -0.15) is 0 Å². The highest BCUT2D eigenvalue weighted by molar-refractivity contribution is 7.55. The van der Waals surface area contributed by atoms with Gasteiger partial charge in [-0.1, -0.05) is 107 Å². The van der Waals surface area contributed by atoms with Crippen molar-refractivity contribution in [1.82, 2.24) is 37.4 Å². The summed E-state index contributed by atoms with van der Waals surface area (Å²) in [5, 5.41) is 0. The quantitative estimate of drug-likeness (QED) is 0.0851. The Hall–Kier alpha value is -4.88. The lowest BCUT2D eigenvalue weighted by molar-refractivity contribution is 0.352. The van der Waals surface area contributed by atoms with Crippen LogP contribution in [0.25, 0.3) is 0 Å². The molecule has 468 valence electrons. The van der Waals surface area contributed by atoms with Crippen LogP contribution in [0.1, 0.15) is 66.8 Å². The van der Waals surface area contributed by atoms with Gasteiger partial charge in [-0.15, -0.1) is 0 Å². The van der Waals surface area contributed by atoms with Gasteiger partial charge in [0.25, 0.3) is 0 Å². The van der Waals surface area contributed by atoms with Crippen molar-refractivity contribution in [3.05, 3.63) is 188 Å². The molecule has 0 saturated carbocycles. The van der Waals surface area contributed by atoms with Crippen LogP contribution < -0.4 is 18.1 Å². The predicted molar refractivity (Wildman–Crippen MR) is 358 cm³/mol. The van der Waals surface area contributed by atoms with Crippen LogP contribution in [0, 0.1) is 83.1 Å². The fourth-order valence-corrected chi connectivity index (χ4v) is 13.2. The van der Waals surface area contributed by atoms with E-state index in [9.17, 15) is 18.3 Å². The zero-order valence-electron chi connectivity index (χ0n) is 56.2. The van der Waals surface area contributed by atoms with Gasteiger partial charge in [0.15, 0.2) is 0 Å². The minimum atomic E-state index is -2.97. The molecular weight excluding hydrogens is 1130 g/mol. The van der Waals surface area contributed by atoms with Gasteiger partial charge in [0.1, 0.15) is 23.0 Å². The maximum Gasteiger partial charge on any atom is 0.394 e. The van der Waals surface area contributed by atoms with Gasteiger partial charge in [0.05, 0.1) is 0 Å². The lowest BCUT2D eigenvalue weighted by Crippen LogP contribution is -2.24. The van der Waals surface area contributed by atoms with Crippen LogP contribution >= 0.6 is 30.7 Å². The van der Waals surface area contributed by atoms with Crippen molar-refractivity contribution >= 4 is 30.7 Å². The highest BCUT2D eigenvalue weighted by Gasteiger charge is 2.34. The SMILES string of the molecule is Cc1ccc(C)c(C)c1.Cc1ccc(C)c(C)c1.Cc1ccc(C)c(OP(=O)(N(C)C)N(C)C)c1.Cc1ccc(OP(=O)(N(C)C)N(C)C)c(C)c1.Cc1ccc(OP(=O)(N(C)C)N(C)C)cc1.Cc1cccc(OP(=O)(N(C)C)N(C)C)c1. The van der Waals surface area contributed by atoms with Crippen LogP contribution in [-0.4, -0.2) is 150 Å². The van der Waals surface area contributed by atoms with Gasteiger partial charge in [0, 0.05) is 0 Å². The van der Waals surface area contributed by atoms with E-state index >= 15 is 0 Å². The molecule has 6 aromatic rings. The second-order valence-corrected chi connectivity index (χ2v) is 33.5. The molecule has 0 radical (unpaired) electrons. The Bertz CT molecular complexity index is 3090. The van der Waals surface area contributed by atoms with E-state index in [4.69, 9.17) is 18.1 Å². The maximum atomic E-state index is 12.7. The maximum absolute atomic E-state index is 12.7. The average Bonchev–Trinajstić information content (AvgIpc) is 3.40. The molecule has 0 aromatic heterocycles. The molecule has 6 rings (SSSR count). The summed E-state index contributed by atoms with van der Waals surface area (Å²) in [5.74, 6) is 2.60. The van der Waals surface area contributed by atoms with Crippen molar-refractivity contribution in [1.29, 1.82) is 0 Å². The van der Waals surface area contributed by atoms with Gasteiger partial charge in [-0.3, -0.25) is 0 Å². The molecule has 0 spiro atoms. The molecule has 0 aliphatic rings. The Morgan fingerprint density at radius 2 is 0.524 bits per heavy atom. The van der Waals surface area contributed by atoms with E-state index in [1.165, 1.54) is 38.9 Å². The molecule has 0 fully saturated rings. The topological polar surface area (TPSA) is 131 Å². The number of rotatable bonds is 16. The molecule has 0 bridgehead atoms. The Morgan fingerprint density at radius 3 is 0.857 bits per heavy atom. The Balaban J connectivity index is 0.000000512. The smallest absolute Gasteiger partial charge is 0.394 e. The zero-order valence-corrected chi connectivity index (χ0v) is 59.8. The van der Waals surface area contributed by atoms with Crippen molar-refractivity contribution in [2.75, 3.05) is 113 Å². The minimum absolute atomic E-state index is 0.622. The molecule has 0 N–H and O–H groups in total. The minimum Gasteiger partial charge on any atom is -0.422 e. The van der Waals surface area contributed by atoms with Gasteiger partial charge in [-0.25, -0.2) is 55.6 Å². The molecule has 0 atom stereocenters. The van der Waals surface area contributed by atoms with E-state index in [2.05, 4.69) is 77.9 Å². The summed E-state index contributed by atoms with van der Waals surface area (Å²) in [6, 6.07) is 39.8. The number of hydrogen-bond donors (Lipinski definition) is 0. The molecule has 20 heteroatoms. The number of aryl methyl sites for hydroxylation is 12. The number of benzene rings is 6. The van der Waals surface area contributed by atoms with Crippen LogP contribution in [-0.2, 0) is 18.3 Å². The summed E-state index contributed by atoms with van der Waals surface area (Å²) >= 11 is 0. The molecule has 0 heterocycles. The third-order valence-electron chi connectivity index (χ3n) is 12.9. The van der Waals surface area contributed by atoms with Crippen molar-refractivity contribution in [2.24, 2.45) is 0 Å². The average molecular weight is 1240 g/mol. The van der Waals surface area contributed by atoms with E-state index in [-0.39, 0.29) is 0 Å². The first kappa shape index (κ1) is 77.1. The summed E-state index contributed by atoms with van der Waals surface area (Å²) in [5.41, 5.74) is 14.7. The van der Waals surface area contributed by atoms with Gasteiger partial charge < -0.3 is 18.1 Å². The lowest BCUT2D eigenvalue weighted by Gasteiger charge is -2.30. The van der Waals surface area contributed by atoms with Gasteiger partial charge in [-0.05, 0) is 277 Å². The zero-order chi connectivity index (χ0) is 64.8. The highest BCUT2D eigenvalue weighted by atomic mass is 31.2. The van der Waals surface area contributed by atoms with Crippen LogP contribution in [0.4, 0.5) is 0 Å². The van der Waals surface area contributed by atoms with Crippen molar-refractivity contribution in [3.63, 3.8) is 0 Å². The third kappa shape index (κ3) is 24.5. The standard InChI is InChI=1S/2C12H21N2O2P.2C11H19N2O2P.2C9H12/c1-10-7-8-12(11(2)9-10)16-17(15,13(3)4)14(5)6;1-10-7-8-11(2)12(9-10)16-17(15,13(3)4)14(5)6;1-10-6-8-11(9-7-10)15-16(14,12(2)3)13(4)5;1-10-7-6-8-11(9-10)15-16(14,12(2)3)13(4)5;2*1-7-4-5-8(2)9(3)6-7/h2*7-9H,1-6H3;2*6-9H,1-5H3;2*4-6H,1-3H3. The molecule has 16 nitrogen and oxygen atoms in total. The van der Waals surface area contributed by atoms with Crippen molar-refractivity contribution < 1.29 is 36.4 Å². The first-order valence-electron chi connectivity index (χ1n) is 27.6. The van der Waals surface area contributed by atoms with E-state index in [1.54, 1.807) is 150 Å². The largest absolute Gasteiger partial charge is 0.422 e. The molecule has 0 saturated heterocycles. The van der Waals surface area contributed by atoms with Crippen molar-refractivity contribution in [2.45, 2.75) is 83.1 Å². The van der Waals surface area contributed by atoms with Crippen molar-refractivity contribution in [3.8, 4) is 23.0 Å². The normalized spacial score (nSPS) is 11.7. The summed E-state index contributed by atoms with van der Waals surface area (Å²) in [6.07, 6.45) is 0. The second-order valence-electron chi connectivity index (χ2n) is 22.4. The Morgan fingerprint density at radius 1 is 0.238 bits per heavy atom. The van der Waals surface area contributed by atoms with E-state index < -0.39 is 30.7 Å². The van der Waals surface area contributed by atoms with E-state index in [0.717, 1.165) is 27.8 Å². The summed E-state index contributed by atoms with van der Waals surface area (Å²) in [6.45, 7) is 24.7. The first-order chi connectivity index (χ1) is 38.7. The summed E-state index contributed by atoms with van der Waals surface area (Å²) < 4.78 is 85.9. The van der Waals surface area contributed by atoms with Crippen LogP contribution in [0.3, 0.4) is 0 Å².